The highest BCUT2D eigenvalue weighted by molar-refractivity contribution is 5.30. The number of benzene rings is 1. The first-order chi connectivity index (χ1) is 18.3. The second-order valence-corrected chi connectivity index (χ2v) is 12.7. The zero-order chi connectivity index (χ0) is 27.1. The summed E-state index contributed by atoms with van der Waals surface area (Å²) < 4.78 is 0. The van der Waals surface area contributed by atoms with Crippen LogP contribution in [0.2, 0.25) is 0 Å². The van der Waals surface area contributed by atoms with E-state index in [0.29, 0.717) is 18.1 Å². The zero-order valence-corrected chi connectivity index (χ0v) is 25.7. The van der Waals surface area contributed by atoms with Crippen molar-refractivity contribution < 1.29 is 0 Å². The van der Waals surface area contributed by atoms with Gasteiger partial charge in [-0.2, -0.15) is 0 Å². The van der Waals surface area contributed by atoms with Gasteiger partial charge < -0.3 is 0 Å². The fraction of sp³-hybridized carbons (Fsp3) is 0.812. The van der Waals surface area contributed by atoms with Gasteiger partial charge in [-0.1, -0.05) is 32.0 Å². The predicted octanol–water partition coefficient (Wildman–Crippen LogP) is 4.04. The van der Waals surface area contributed by atoms with Crippen LogP contribution in [0.4, 0.5) is 0 Å². The highest BCUT2D eigenvalue weighted by Gasteiger charge is 2.23. The molecule has 0 aliphatic carbocycles. The lowest BCUT2D eigenvalue weighted by Crippen LogP contribution is -2.49. The van der Waals surface area contributed by atoms with Crippen LogP contribution in [0, 0.1) is 0 Å². The minimum Gasteiger partial charge on any atom is -0.298 e. The Hall–Kier alpha value is -1.02. The quantitative estimate of drug-likeness (QED) is 0.430. The van der Waals surface area contributed by atoms with Crippen LogP contribution in [0.5, 0.6) is 0 Å². The molecule has 6 heteroatoms. The minimum atomic E-state index is 0.661. The smallest absolute Gasteiger partial charge is 0.0235 e. The summed E-state index contributed by atoms with van der Waals surface area (Å²) in [5.41, 5.74) is 4.56. The molecule has 2 unspecified atom stereocenters. The van der Waals surface area contributed by atoms with E-state index in [4.69, 9.17) is 0 Å². The number of rotatable bonds is 11. The standard InChI is InChI=1S/C32H58N6/c1-7-28(5)37-17-11-34(12-18-37)25-31-21-30(24-33-9-15-36(16-10-33)27(3)4)22-32(23-31)26-35-13-19-38(20-14-35)29(6)8-2/h21-23,27-29H,7-20,24-26H2,1-6H3. The van der Waals surface area contributed by atoms with Crippen molar-refractivity contribution in [3.05, 3.63) is 34.9 Å². The fourth-order valence-electron chi connectivity index (χ4n) is 6.57. The van der Waals surface area contributed by atoms with Crippen LogP contribution in [0.3, 0.4) is 0 Å². The molecule has 1 aromatic rings. The molecule has 0 spiro atoms. The zero-order valence-electron chi connectivity index (χ0n) is 25.7. The molecule has 0 bridgehead atoms. The molecule has 0 saturated carbocycles. The van der Waals surface area contributed by atoms with E-state index >= 15 is 0 Å². The highest BCUT2D eigenvalue weighted by Crippen LogP contribution is 2.20. The van der Waals surface area contributed by atoms with Crippen molar-refractivity contribution in [1.82, 2.24) is 29.4 Å². The van der Waals surface area contributed by atoms with E-state index < -0.39 is 0 Å². The van der Waals surface area contributed by atoms with Crippen LogP contribution in [-0.4, -0.2) is 126 Å². The van der Waals surface area contributed by atoms with Crippen LogP contribution in [-0.2, 0) is 19.6 Å². The Morgan fingerprint density at radius 3 is 1.03 bits per heavy atom. The Morgan fingerprint density at radius 1 is 0.474 bits per heavy atom. The van der Waals surface area contributed by atoms with Gasteiger partial charge in [0, 0.05) is 116 Å². The maximum atomic E-state index is 2.69. The molecule has 3 heterocycles. The maximum Gasteiger partial charge on any atom is 0.0235 e. The van der Waals surface area contributed by atoms with Crippen molar-refractivity contribution in [3.8, 4) is 0 Å². The van der Waals surface area contributed by atoms with Crippen LogP contribution in [0.25, 0.3) is 0 Å². The molecule has 0 N–H and O–H groups in total. The summed E-state index contributed by atoms with van der Waals surface area (Å²) in [5.74, 6) is 0. The molecule has 4 rings (SSSR count). The molecular formula is C32H58N6. The van der Waals surface area contributed by atoms with Gasteiger partial charge in [-0.3, -0.25) is 29.4 Å². The Kier molecular flexibility index (Phi) is 11.5. The molecule has 3 aliphatic heterocycles. The second-order valence-electron chi connectivity index (χ2n) is 12.7. The number of nitrogens with zero attached hydrogens (tertiary/aromatic N) is 6. The summed E-state index contributed by atoms with van der Waals surface area (Å²) in [6.07, 6.45) is 2.50. The largest absolute Gasteiger partial charge is 0.298 e. The topological polar surface area (TPSA) is 19.4 Å². The summed E-state index contributed by atoms with van der Waals surface area (Å²) in [6, 6.07) is 9.67. The Bertz CT molecular complexity index is 769. The van der Waals surface area contributed by atoms with Crippen LogP contribution in [0.15, 0.2) is 18.2 Å². The lowest BCUT2D eigenvalue weighted by molar-refractivity contribution is 0.0948. The molecule has 0 amide bonds. The van der Waals surface area contributed by atoms with Crippen molar-refractivity contribution in [1.29, 1.82) is 0 Å². The van der Waals surface area contributed by atoms with E-state index in [9.17, 15) is 0 Å². The van der Waals surface area contributed by atoms with Gasteiger partial charge in [-0.15, -0.1) is 0 Å². The molecule has 0 radical (unpaired) electrons. The second kappa shape index (κ2) is 14.6. The lowest BCUT2D eigenvalue weighted by Gasteiger charge is -2.39. The van der Waals surface area contributed by atoms with E-state index in [1.165, 1.54) is 108 Å². The summed E-state index contributed by atoms with van der Waals surface area (Å²) in [4.78, 5) is 16.0. The number of piperazine rings is 3. The first-order valence-corrected chi connectivity index (χ1v) is 15.9. The minimum absolute atomic E-state index is 0.661. The summed E-state index contributed by atoms with van der Waals surface area (Å²) in [5, 5.41) is 0. The Labute approximate surface area is 234 Å². The van der Waals surface area contributed by atoms with E-state index in [1.54, 1.807) is 0 Å². The third kappa shape index (κ3) is 8.49. The lowest BCUT2D eigenvalue weighted by atomic mass is 10.0. The van der Waals surface area contributed by atoms with E-state index in [1.807, 2.05) is 0 Å². The molecule has 0 aromatic heterocycles. The summed E-state index contributed by atoms with van der Waals surface area (Å²) in [6.45, 7) is 31.7. The number of hydrogen-bond acceptors (Lipinski definition) is 6. The third-order valence-corrected chi connectivity index (χ3v) is 9.71. The van der Waals surface area contributed by atoms with E-state index in [-0.39, 0.29) is 0 Å². The van der Waals surface area contributed by atoms with Gasteiger partial charge in [-0.25, -0.2) is 0 Å². The molecule has 38 heavy (non-hydrogen) atoms. The van der Waals surface area contributed by atoms with Crippen molar-refractivity contribution in [2.45, 2.75) is 92.1 Å². The molecular weight excluding hydrogens is 468 g/mol. The van der Waals surface area contributed by atoms with Gasteiger partial charge >= 0.3 is 0 Å². The van der Waals surface area contributed by atoms with Gasteiger partial charge in [-0.05, 0) is 57.2 Å². The maximum absolute atomic E-state index is 2.69. The fourth-order valence-corrected chi connectivity index (χ4v) is 6.57. The monoisotopic (exact) mass is 526 g/mol. The van der Waals surface area contributed by atoms with Gasteiger partial charge in [0.15, 0.2) is 0 Å². The highest BCUT2D eigenvalue weighted by atomic mass is 15.3. The molecule has 3 fully saturated rings. The molecule has 1 aromatic carbocycles. The average Bonchev–Trinajstić information content (AvgIpc) is 2.93. The van der Waals surface area contributed by atoms with Crippen LogP contribution in [0.1, 0.15) is 71.1 Å². The third-order valence-electron chi connectivity index (χ3n) is 9.71. The summed E-state index contributed by atoms with van der Waals surface area (Å²) in [7, 11) is 0. The molecule has 3 aliphatic rings. The van der Waals surface area contributed by atoms with Crippen molar-refractivity contribution in [2.75, 3.05) is 78.5 Å². The number of hydrogen-bond donors (Lipinski definition) is 0. The Morgan fingerprint density at radius 2 is 0.763 bits per heavy atom. The molecule has 2 atom stereocenters. The summed E-state index contributed by atoms with van der Waals surface area (Å²) >= 11 is 0. The van der Waals surface area contributed by atoms with Gasteiger partial charge in [0.1, 0.15) is 0 Å². The normalized spacial score (nSPS) is 23.8. The molecule has 216 valence electrons. The van der Waals surface area contributed by atoms with Gasteiger partial charge in [0.05, 0.1) is 0 Å². The van der Waals surface area contributed by atoms with Crippen molar-refractivity contribution in [2.24, 2.45) is 0 Å². The Balaban J connectivity index is 1.40. The molecule has 6 nitrogen and oxygen atoms in total. The van der Waals surface area contributed by atoms with Crippen molar-refractivity contribution in [3.63, 3.8) is 0 Å². The predicted molar refractivity (Wildman–Crippen MR) is 162 cm³/mol. The average molecular weight is 527 g/mol. The molecule has 3 saturated heterocycles. The van der Waals surface area contributed by atoms with E-state index in [0.717, 1.165) is 19.6 Å². The van der Waals surface area contributed by atoms with E-state index in [2.05, 4.69) is 89.1 Å². The van der Waals surface area contributed by atoms with Gasteiger partial charge in [0.25, 0.3) is 0 Å². The SMILES string of the molecule is CCC(C)N1CCN(Cc2cc(CN3CCN(C(C)C)CC3)cc(CN3CCN(C(C)CC)CC3)c2)CC1. The van der Waals surface area contributed by atoms with Gasteiger partial charge in [0.2, 0.25) is 0 Å². The first-order valence-electron chi connectivity index (χ1n) is 15.9. The van der Waals surface area contributed by atoms with Crippen LogP contribution < -0.4 is 0 Å². The van der Waals surface area contributed by atoms with Crippen LogP contribution >= 0.6 is 0 Å². The van der Waals surface area contributed by atoms with Crippen molar-refractivity contribution >= 4 is 0 Å². The first kappa shape index (κ1) is 30.0.